The van der Waals surface area contributed by atoms with Crippen molar-refractivity contribution in [3.05, 3.63) is 82.8 Å². The van der Waals surface area contributed by atoms with Crippen LogP contribution in [0, 0.1) is 13.8 Å². The maximum atomic E-state index is 13.7. The van der Waals surface area contributed by atoms with Crippen LogP contribution in [0.1, 0.15) is 35.5 Å². The summed E-state index contributed by atoms with van der Waals surface area (Å²) in [5.74, 6) is -1.39. The summed E-state index contributed by atoms with van der Waals surface area (Å²) in [7, 11) is 1.56. The zero-order chi connectivity index (χ0) is 29.0. The SMILES string of the molecule is CCOc1cc(C2C(=C(O)c3nc4c(C)cccn4c3C)C(=O)C(=O)N2c2nc3ccc(OC)cc3s2)ccc1O. The van der Waals surface area contributed by atoms with Crippen LogP contribution in [0.25, 0.3) is 21.6 Å². The normalized spacial score (nSPS) is 16.7. The van der Waals surface area contributed by atoms with E-state index in [4.69, 9.17) is 9.47 Å². The first-order valence-electron chi connectivity index (χ1n) is 12.9. The van der Waals surface area contributed by atoms with Gasteiger partial charge in [-0.15, -0.1) is 0 Å². The Morgan fingerprint density at radius 1 is 1.10 bits per heavy atom. The number of aliphatic hydroxyl groups is 1. The fourth-order valence-corrected chi connectivity index (χ4v) is 6.13. The summed E-state index contributed by atoms with van der Waals surface area (Å²) in [6.45, 7) is 5.76. The number of aromatic hydroxyl groups is 1. The Morgan fingerprint density at radius 3 is 2.63 bits per heavy atom. The van der Waals surface area contributed by atoms with Crippen molar-refractivity contribution in [1.29, 1.82) is 0 Å². The van der Waals surface area contributed by atoms with Crippen LogP contribution in [-0.2, 0) is 9.59 Å². The molecule has 0 bridgehead atoms. The molecule has 0 aliphatic carbocycles. The molecule has 41 heavy (non-hydrogen) atoms. The Labute approximate surface area is 238 Å². The first-order chi connectivity index (χ1) is 19.7. The molecule has 4 heterocycles. The first-order valence-corrected chi connectivity index (χ1v) is 13.7. The standard InChI is InChI=1S/C30H26N4O6S/c1-5-40-21-13-17(8-11-20(21)35)25-23(26(36)24-16(3)33-12-6-7-15(2)28(33)32-24)27(37)29(38)34(25)30-31-19-10-9-18(39-4)14-22(19)41-30/h6-14,25,35-36H,5H2,1-4H3. The molecule has 0 radical (unpaired) electrons. The van der Waals surface area contributed by atoms with Gasteiger partial charge in [0, 0.05) is 6.20 Å². The molecule has 2 aromatic carbocycles. The van der Waals surface area contributed by atoms with Gasteiger partial charge in [-0.3, -0.25) is 14.5 Å². The third-order valence-corrected chi connectivity index (χ3v) is 8.16. The predicted octanol–water partition coefficient (Wildman–Crippen LogP) is 5.30. The number of imidazole rings is 1. The van der Waals surface area contributed by atoms with Crippen molar-refractivity contribution in [3.63, 3.8) is 0 Å². The van der Waals surface area contributed by atoms with Gasteiger partial charge in [-0.2, -0.15) is 0 Å². The highest BCUT2D eigenvalue weighted by Crippen LogP contribution is 2.46. The van der Waals surface area contributed by atoms with Gasteiger partial charge < -0.3 is 24.1 Å². The number of phenols is 1. The number of anilines is 1. The van der Waals surface area contributed by atoms with Gasteiger partial charge in [0.25, 0.3) is 5.78 Å². The second-order valence-corrected chi connectivity index (χ2v) is 10.6. The lowest BCUT2D eigenvalue weighted by atomic mass is 9.96. The summed E-state index contributed by atoms with van der Waals surface area (Å²) < 4.78 is 13.5. The summed E-state index contributed by atoms with van der Waals surface area (Å²) in [5, 5.41) is 22.3. The molecule has 1 fully saturated rings. The fourth-order valence-electron chi connectivity index (χ4n) is 5.11. The number of hydrogen-bond donors (Lipinski definition) is 2. The lowest BCUT2D eigenvalue weighted by Crippen LogP contribution is -2.29. The zero-order valence-electron chi connectivity index (χ0n) is 22.7. The summed E-state index contributed by atoms with van der Waals surface area (Å²) in [5.41, 5.74) is 3.25. The van der Waals surface area contributed by atoms with E-state index in [9.17, 15) is 19.8 Å². The van der Waals surface area contributed by atoms with Gasteiger partial charge in [0.1, 0.15) is 17.1 Å². The molecule has 1 aliphatic heterocycles. The Balaban J connectivity index is 1.60. The smallest absolute Gasteiger partial charge is 0.301 e. The second kappa shape index (κ2) is 9.93. The number of ether oxygens (including phenoxy) is 2. The number of pyridine rings is 1. The minimum absolute atomic E-state index is 0.0914. The first kappa shape index (κ1) is 26.3. The van der Waals surface area contributed by atoms with Crippen molar-refractivity contribution in [2.75, 3.05) is 18.6 Å². The number of aromatic nitrogens is 3. The predicted molar refractivity (Wildman–Crippen MR) is 155 cm³/mol. The molecular formula is C30H26N4O6S. The summed E-state index contributed by atoms with van der Waals surface area (Å²) in [6.07, 6.45) is 1.82. The largest absolute Gasteiger partial charge is 0.505 e. The van der Waals surface area contributed by atoms with E-state index in [0.717, 1.165) is 10.3 Å². The molecule has 6 rings (SSSR count). The fraction of sp³-hybridized carbons (Fsp3) is 0.200. The van der Waals surface area contributed by atoms with Crippen LogP contribution in [0.5, 0.6) is 17.2 Å². The summed E-state index contributed by atoms with van der Waals surface area (Å²) in [6, 6.07) is 12.6. The number of methoxy groups -OCH3 is 1. The van der Waals surface area contributed by atoms with Gasteiger partial charge in [-0.05, 0) is 68.3 Å². The minimum atomic E-state index is -1.07. The molecule has 3 aromatic heterocycles. The Hall–Kier alpha value is -4.90. The number of thiazole rings is 1. The third kappa shape index (κ3) is 4.16. The Bertz CT molecular complexity index is 1910. The van der Waals surface area contributed by atoms with Gasteiger partial charge in [-0.1, -0.05) is 23.5 Å². The van der Waals surface area contributed by atoms with Crippen LogP contribution in [-0.4, -0.2) is 50.0 Å². The highest BCUT2D eigenvalue weighted by atomic mass is 32.1. The molecule has 5 aromatic rings. The zero-order valence-corrected chi connectivity index (χ0v) is 23.5. The van der Waals surface area contributed by atoms with Crippen molar-refractivity contribution < 1.29 is 29.3 Å². The van der Waals surface area contributed by atoms with E-state index in [2.05, 4.69) is 9.97 Å². The number of hydrogen-bond acceptors (Lipinski definition) is 9. The Kier molecular flexibility index (Phi) is 6.38. The van der Waals surface area contributed by atoms with Crippen molar-refractivity contribution in [2.45, 2.75) is 26.8 Å². The van der Waals surface area contributed by atoms with Gasteiger partial charge in [0.15, 0.2) is 22.4 Å². The number of ketones is 1. The molecule has 0 spiro atoms. The van der Waals surface area contributed by atoms with Crippen LogP contribution >= 0.6 is 11.3 Å². The quantitative estimate of drug-likeness (QED) is 0.160. The van der Waals surface area contributed by atoms with Crippen LogP contribution in [0.2, 0.25) is 0 Å². The molecule has 0 saturated carbocycles. The van der Waals surface area contributed by atoms with Crippen molar-refractivity contribution in [2.24, 2.45) is 0 Å². The van der Waals surface area contributed by atoms with Crippen molar-refractivity contribution >= 4 is 49.8 Å². The molecule has 1 atom stereocenters. The monoisotopic (exact) mass is 570 g/mol. The van der Waals surface area contributed by atoms with Gasteiger partial charge >= 0.3 is 5.91 Å². The number of phenolic OH excluding ortho intramolecular Hbond substituents is 1. The van der Waals surface area contributed by atoms with E-state index >= 15 is 0 Å². The number of benzene rings is 2. The number of carbonyl (C=O) groups is 2. The lowest BCUT2D eigenvalue weighted by Gasteiger charge is -2.23. The number of rotatable bonds is 6. The second-order valence-electron chi connectivity index (χ2n) is 9.59. The van der Waals surface area contributed by atoms with E-state index in [1.165, 1.54) is 22.3 Å². The number of amides is 1. The number of carbonyl (C=O) groups excluding carboxylic acids is 2. The number of Topliss-reactive ketones (excluding diaryl/α,β-unsaturated/α-hetero) is 1. The number of nitrogens with zero attached hydrogens (tertiary/aromatic N) is 4. The molecular weight excluding hydrogens is 544 g/mol. The molecule has 10 nitrogen and oxygen atoms in total. The van der Waals surface area contributed by atoms with E-state index in [1.54, 1.807) is 51.3 Å². The summed E-state index contributed by atoms with van der Waals surface area (Å²) in [4.78, 5) is 38.0. The van der Waals surface area contributed by atoms with E-state index in [1.807, 2.05) is 29.7 Å². The van der Waals surface area contributed by atoms with Gasteiger partial charge in [0.2, 0.25) is 0 Å². The van der Waals surface area contributed by atoms with E-state index in [0.29, 0.717) is 28.2 Å². The molecule has 1 saturated heterocycles. The molecule has 11 heteroatoms. The topological polar surface area (TPSA) is 126 Å². The molecule has 2 N–H and O–H groups in total. The molecule has 1 aliphatic rings. The minimum Gasteiger partial charge on any atom is -0.505 e. The van der Waals surface area contributed by atoms with Crippen molar-refractivity contribution in [1.82, 2.24) is 14.4 Å². The van der Waals surface area contributed by atoms with Crippen LogP contribution < -0.4 is 14.4 Å². The van der Waals surface area contributed by atoms with E-state index < -0.39 is 23.5 Å². The van der Waals surface area contributed by atoms with Crippen molar-refractivity contribution in [3.8, 4) is 17.2 Å². The maximum absolute atomic E-state index is 13.7. The molecule has 1 unspecified atom stereocenters. The average molecular weight is 571 g/mol. The van der Waals surface area contributed by atoms with Crippen LogP contribution in [0.15, 0.2) is 60.3 Å². The highest BCUT2D eigenvalue weighted by molar-refractivity contribution is 7.22. The van der Waals surface area contributed by atoms with Gasteiger partial charge in [-0.25, -0.2) is 9.97 Å². The van der Waals surface area contributed by atoms with Crippen LogP contribution in [0.4, 0.5) is 5.13 Å². The Morgan fingerprint density at radius 2 is 1.90 bits per heavy atom. The number of fused-ring (bicyclic) bond motifs is 2. The van der Waals surface area contributed by atoms with Gasteiger partial charge in [0.05, 0.1) is 41.2 Å². The maximum Gasteiger partial charge on any atom is 0.301 e. The number of aryl methyl sites for hydroxylation is 2. The highest BCUT2D eigenvalue weighted by Gasteiger charge is 2.49. The number of aliphatic hydroxyl groups excluding tert-OH is 1. The third-order valence-electron chi connectivity index (χ3n) is 7.14. The summed E-state index contributed by atoms with van der Waals surface area (Å²) >= 11 is 1.22. The van der Waals surface area contributed by atoms with E-state index in [-0.39, 0.29) is 34.5 Å². The lowest BCUT2D eigenvalue weighted by molar-refractivity contribution is -0.132. The average Bonchev–Trinajstić information content (AvgIpc) is 3.62. The van der Waals surface area contributed by atoms with Crippen LogP contribution in [0.3, 0.4) is 0 Å². The molecule has 1 amide bonds. The molecule has 208 valence electrons.